The zero-order valence-electron chi connectivity index (χ0n) is 30.3. The van der Waals surface area contributed by atoms with Gasteiger partial charge in [0.2, 0.25) is 0 Å². The molecule has 0 unspecified atom stereocenters. The SMILES string of the molecule is CNc1cc(N2CCc3c(CN4CC5(CCN(C6CCNCC6)CC5(F)F)C4)cccc32)nn2c(C(=O)N[C@@H]3CC[C@H]3OC)cnc12.O=C(O)C(F)(F)F. The number of anilines is 3. The molecule has 8 rings (SSSR count). The number of likely N-dealkylation sites (tertiary alicyclic amines) is 2. The summed E-state index contributed by atoms with van der Waals surface area (Å²) in [4.78, 5) is 33.1. The van der Waals surface area contributed by atoms with Gasteiger partial charge >= 0.3 is 12.1 Å². The van der Waals surface area contributed by atoms with Gasteiger partial charge in [-0.15, -0.1) is 5.10 Å². The first kappa shape index (κ1) is 38.2. The van der Waals surface area contributed by atoms with E-state index in [-0.39, 0.29) is 30.6 Å². The third-order valence-electron chi connectivity index (χ3n) is 11.8. The number of alkyl halides is 5. The summed E-state index contributed by atoms with van der Waals surface area (Å²) < 4.78 is 70.2. The van der Waals surface area contributed by atoms with Crippen LogP contribution in [0.5, 0.6) is 0 Å². The van der Waals surface area contributed by atoms with Crippen LogP contribution in [0.2, 0.25) is 0 Å². The van der Waals surface area contributed by atoms with Crippen molar-refractivity contribution in [1.29, 1.82) is 0 Å². The van der Waals surface area contributed by atoms with Crippen molar-refractivity contribution in [3.05, 3.63) is 47.3 Å². The van der Waals surface area contributed by atoms with E-state index >= 15 is 8.78 Å². The maximum atomic E-state index is 15.7. The number of methoxy groups -OCH3 is 1. The van der Waals surface area contributed by atoms with Crippen LogP contribution in [0, 0.1) is 5.41 Å². The number of aliphatic carboxylic acids is 1. The Bertz CT molecular complexity index is 1860. The molecule has 1 spiro atoms. The molecule has 4 fully saturated rings. The lowest BCUT2D eigenvalue weighted by atomic mass is 9.68. The molecule has 6 heterocycles. The summed E-state index contributed by atoms with van der Waals surface area (Å²) in [7, 11) is 3.50. The maximum absolute atomic E-state index is 15.7. The van der Waals surface area contributed by atoms with Crippen molar-refractivity contribution in [2.75, 3.05) is 70.2 Å². The first-order valence-corrected chi connectivity index (χ1v) is 18.4. The molecule has 5 aliphatic rings. The number of amides is 1. The van der Waals surface area contributed by atoms with Gasteiger partial charge in [0.1, 0.15) is 0 Å². The lowest BCUT2D eigenvalue weighted by molar-refractivity contribution is -0.231. The fourth-order valence-electron chi connectivity index (χ4n) is 8.56. The second kappa shape index (κ2) is 14.8. The highest BCUT2D eigenvalue weighted by Gasteiger charge is 2.62. The number of carboxylic acids is 1. The minimum atomic E-state index is -5.08. The van der Waals surface area contributed by atoms with E-state index in [1.807, 2.05) is 19.2 Å². The van der Waals surface area contributed by atoms with Crippen molar-refractivity contribution in [1.82, 2.24) is 35.0 Å². The molecule has 0 radical (unpaired) electrons. The highest BCUT2D eigenvalue weighted by molar-refractivity contribution is 5.94. The molecule has 18 heteroatoms. The molecule has 1 aromatic carbocycles. The van der Waals surface area contributed by atoms with Gasteiger partial charge in [-0.05, 0) is 75.4 Å². The molecule has 1 aliphatic carbocycles. The third-order valence-corrected chi connectivity index (χ3v) is 11.8. The number of carboxylic acid groups (broad SMARTS) is 1. The van der Waals surface area contributed by atoms with Crippen LogP contribution >= 0.6 is 0 Å². The molecule has 2 aromatic heterocycles. The lowest BCUT2D eigenvalue weighted by Crippen LogP contribution is -2.70. The van der Waals surface area contributed by atoms with Gasteiger partial charge in [-0.3, -0.25) is 14.6 Å². The van der Waals surface area contributed by atoms with E-state index in [0.29, 0.717) is 43.2 Å². The predicted octanol–water partition coefficient (Wildman–Crippen LogP) is 3.90. The number of ether oxygens (including phenoxy) is 1. The molecule has 3 saturated heterocycles. The Morgan fingerprint density at radius 3 is 2.46 bits per heavy atom. The standard InChI is InChI=1S/C34H45F2N9O2.C2HF3O2/c1-37-26-16-30(41-45-28(17-39-31(26)45)32(46)40-25-6-7-29(25)47-2)44-14-10-24-22(4-3-5-27(24)44)18-42-19-33(20-42)11-15-43(21-34(33,35)36)23-8-12-38-13-9-23;3-2(4,5)1(6)7/h3-5,16-17,23,25,29,37-38H,6-15,18-21H2,1-2H3,(H,40,46);(H,6,7)/t25-,29-;/m1./s1. The Hall–Kier alpha value is -4.13. The Kier molecular flexibility index (Phi) is 10.5. The van der Waals surface area contributed by atoms with Gasteiger partial charge in [0, 0.05) is 58.1 Å². The van der Waals surface area contributed by atoms with Crippen LogP contribution in [0.1, 0.15) is 53.7 Å². The molecule has 1 saturated carbocycles. The van der Waals surface area contributed by atoms with Gasteiger partial charge in [0.25, 0.3) is 11.8 Å². The summed E-state index contributed by atoms with van der Waals surface area (Å²) in [5.41, 5.74) is 4.29. The number of carbonyl (C=O) groups is 2. The molecule has 1 amide bonds. The second-order valence-electron chi connectivity index (χ2n) is 14.9. The van der Waals surface area contributed by atoms with Crippen LogP contribution in [-0.4, -0.2) is 132 Å². The maximum Gasteiger partial charge on any atom is 0.490 e. The summed E-state index contributed by atoms with van der Waals surface area (Å²) in [6.07, 6.45) is 1.63. The second-order valence-corrected chi connectivity index (χ2v) is 14.9. The van der Waals surface area contributed by atoms with Crippen LogP contribution in [-0.2, 0) is 22.5 Å². The van der Waals surface area contributed by atoms with E-state index in [4.69, 9.17) is 19.7 Å². The Morgan fingerprint density at radius 2 is 1.83 bits per heavy atom. The summed E-state index contributed by atoms with van der Waals surface area (Å²) in [6, 6.07) is 8.50. The third kappa shape index (κ3) is 7.20. The van der Waals surface area contributed by atoms with Crippen molar-refractivity contribution >= 4 is 34.7 Å². The highest BCUT2D eigenvalue weighted by atomic mass is 19.4. The average molecular weight is 764 g/mol. The fourth-order valence-corrected chi connectivity index (χ4v) is 8.56. The molecule has 3 aromatic rings. The van der Waals surface area contributed by atoms with E-state index in [0.717, 1.165) is 69.7 Å². The van der Waals surface area contributed by atoms with Crippen LogP contribution in [0.3, 0.4) is 0 Å². The van der Waals surface area contributed by atoms with E-state index in [1.165, 1.54) is 11.1 Å². The number of nitrogens with one attached hydrogen (secondary N) is 3. The Balaban J connectivity index is 0.000000588. The smallest absolute Gasteiger partial charge is 0.475 e. The fraction of sp³-hybridized carbons (Fsp3) is 0.611. The number of nitrogens with zero attached hydrogens (tertiary/aromatic N) is 6. The van der Waals surface area contributed by atoms with Gasteiger partial charge in [0.15, 0.2) is 17.2 Å². The Labute approximate surface area is 309 Å². The molecule has 4 aliphatic heterocycles. The van der Waals surface area contributed by atoms with E-state index in [9.17, 15) is 18.0 Å². The molecule has 54 heavy (non-hydrogen) atoms. The number of imidazole rings is 1. The number of aromatic nitrogens is 3. The van der Waals surface area contributed by atoms with Crippen LogP contribution in [0.15, 0.2) is 30.5 Å². The number of hydrogen-bond donors (Lipinski definition) is 4. The van der Waals surface area contributed by atoms with E-state index < -0.39 is 23.5 Å². The van der Waals surface area contributed by atoms with Crippen LogP contribution < -0.4 is 20.9 Å². The quantitative estimate of drug-likeness (QED) is 0.249. The number of fused-ring (bicyclic) bond motifs is 2. The normalized spacial score (nSPS) is 23.9. The number of piperidine rings is 2. The van der Waals surface area contributed by atoms with Gasteiger partial charge in [0.05, 0.1) is 36.0 Å². The number of carbonyl (C=O) groups excluding carboxylic acids is 1. The topological polar surface area (TPSA) is 140 Å². The molecule has 294 valence electrons. The highest BCUT2D eigenvalue weighted by Crippen LogP contribution is 2.51. The number of hydrogen-bond acceptors (Lipinski definition) is 10. The van der Waals surface area contributed by atoms with E-state index in [1.54, 1.807) is 17.8 Å². The Morgan fingerprint density at radius 1 is 1.09 bits per heavy atom. The summed E-state index contributed by atoms with van der Waals surface area (Å²) in [5.74, 6) is -4.95. The summed E-state index contributed by atoms with van der Waals surface area (Å²) >= 11 is 0. The lowest BCUT2D eigenvalue weighted by Gasteiger charge is -2.58. The van der Waals surface area contributed by atoms with Gasteiger partial charge < -0.3 is 30.7 Å². The average Bonchev–Trinajstić information content (AvgIpc) is 3.75. The van der Waals surface area contributed by atoms with Gasteiger partial charge in [-0.2, -0.15) is 13.2 Å². The predicted molar refractivity (Wildman–Crippen MR) is 189 cm³/mol. The number of halogens is 5. The zero-order valence-corrected chi connectivity index (χ0v) is 30.3. The molecular formula is C36H46F5N9O4. The minimum Gasteiger partial charge on any atom is -0.475 e. The van der Waals surface area contributed by atoms with Gasteiger partial charge in [-0.25, -0.2) is 23.1 Å². The first-order valence-electron chi connectivity index (χ1n) is 18.4. The molecule has 4 N–H and O–H groups in total. The first-order chi connectivity index (χ1) is 25.7. The van der Waals surface area contributed by atoms with E-state index in [2.05, 4.69) is 47.8 Å². The monoisotopic (exact) mass is 763 g/mol. The van der Waals surface area contributed by atoms with Crippen molar-refractivity contribution in [3.8, 4) is 0 Å². The van der Waals surface area contributed by atoms with Crippen LogP contribution in [0.4, 0.5) is 39.1 Å². The van der Waals surface area contributed by atoms with Gasteiger partial charge in [-0.1, -0.05) is 12.1 Å². The number of rotatable bonds is 8. The number of benzene rings is 1. The summed E-state index contributed by atoms with van der Waals surface area (Å²) in [6.45, 7) is 4.77. The van der Waals surface area contributed by atoms with Crippen molar-refractivity contribution in [3.63, 3.8) is 0 Å². The van der Waals surface area contributed by atoms with Crippen molar-refractivity contribution in [2.45, 2.75) is 75.4 Å². The minimum absolute atomic E-state index is 0.0199. The molecule has 0 bridgehead atoms. The largest absolute Gasteiger partial charge is 0.490 e. The van der Waals surface area contributed by atoms with Crippen molar-refractivity contribution in [2.24, 2.45) is 5.41 Å². The summed E-state index contributed by atoms with van der Waals surface area (Å²) in [5, 5.41) is 21.7. The molecule has 13 nitrogen and oxygen atoms in total. The zero-order chi connectivity index (χ0) is 38.4. The van der Waals surface area contributed by atoms with Crippen LogP contribution in [0.25, 0.3) is 5.65 Å². The molecule has 2 atom stereocenters. The van der Waals surface area contributed by atoms with Crippen molar-refractivity contribution < 1.29 is 41.4 Å². The molecular weight excluding hydrogens is 717 g/mol.